The second-order valence-electron chi connectivity index (χ2n) is 7.29. The highest BCUT2D eigenvalue weighted by Gasteiger charge is 2.46. The second kappa shape index (κ2) is 6.50. The molecule has 1 aliphatic carbocycles. The molecule has 1 N–H and O–H groups in total. The molecular formula is C19H17F3N6OS. The lowest BCUT2D eigenvalue weighted by molar-refractivity contribution is -0.137. The van der Waals surface area contributed by atoms with E-state index in [-0.39, 0.29) is 33.3 Å². The van der Waals surface area contributed by atoms with E-state index in [0.29, 0.717) is 18.4 Å². The fourth-order valence-electron chi connectivity index (χ4n) is 3.31. The molecule has 0 saturated heterocycles. The van der Waals surface area contributed by atoms with Crippen molar-refractivity contribution in [2.45, 2.75) is 36.3 Å². The average molecular weight is 434 g/mol. The Kier molecular flexibility index (Phi) is 4.39. The molecule has 3 heterocycles. The summed E-state index contributed by atoms with van der Waals surface area (Å²) in [6, 6.07) is 4.70. The molecule has 0 bridgehead atoms. The van der Waals surface area contributed by atoms with Gasteiger partial charge in [0.25, 0.3) is 0 Å². The predicted octanol–water partition coefficient (Wildman–Crippen LogP) is 4.03. The Balaban J connectivity index is 1.95. The first-order valence-corrected chi connectivity index (χ1v) is 10.8. The number of nitrogens with zero attached hydrogens (tertiary/aromatic N) is 5. The Morgan fingerprint density at radius 2 is 2.00 bits per heavy atom. The van der Waals surface area contributed by atoms with Crippen LogP contribution in [0.5, 0.6) is 0 Å². The summed E-state index contributed by atoms with van der Waals surface area (Å²) in [5.74, 6) is 0.180. The molecule has 11 heteroatoms. The zero-order valence-electron chi connectivity index (χ0n) is 16.1. The SMILES string of the molecule is CC[S@](=N)(=O)c1cc(C2(C#N)CC2)cnc1-c1nc2cc(C(F)(F)F)cnc2n1C. The van der Waals surface area contributed by atoms with Gasteiger partial charge in [-0.2, -0.15) is 18.4 Å². The Labute approximate surface area is 170 Å². The molecule has 1 aliphatic rings. The number of aryl methyl sites for hydroxylation is 1. The smallest absolute Gasteiger partial charge is 0.310 e. The number of rotatable bonds is 4. The van der Waals surface area contributed by atoms with Crippen molar-refractivity contribution in [3.63, 3.8) is 0 Å². The van der Waals surface area contributed by atoms with Crippen LogP contribution in [0.4, 0.5) is 13.2 Å². The van der Waals surface area contributed by atoms with Crippen molar-refractivity contribution in [2.24, 2.45) is 7.05 Å². The Morgan fingerprint density at radius 3 is 2.57 bits per heavy atom. The third kappa shape index (κ3) is 3.11. The van der Waals surface area contributed by atoms with Gasteiger partial charge in [0.05, 0.1) is 31.7 Å². The van der Waals surface area contributed by atoms with Gasteiger partial charge in [0.2, 0.25) is 0 Å². The van der Waals surface area contributed by atoms with Crippen LogP contribution in [0.15, 0.2) is 29.4 Å². The lowest BCUT2D eigenvalue weighted by atomic mass is 9.99. The zero-order chi connectivity index (χ0) is 21.9. The highest BCUT2D eigenvalue weighted by molar-refractivity contribution is 7.92. The molecule has 1 saturated carbocycles. The molecule has 0 unspecified atom stereocenters. The lowest BCUT2D eigenvalue weighted by Gasteiger charge is -2.14. The molecule has 0 aliphatic heterocycles. The minimum absolute atomic E-state index is 0.0165. The highest BCUT2D eigenvalue weighted by atomic mass is 32.2. The van der Waals surface area contributed by atoms with Crippen molar-refractivity contribution in [1.82, 2.24) is 19.5 Å². The van der Waals surface area contributed by atoms with Crippen molar-refractivity contribution in [2.75, 3.05) is 5.75 Å². The molecule has 156 valence electrons. The Bertz CT molecular complexity index is 1320. The summed E-state index contributed by atoms with van der Waals surface area (Å²) in [5, 5.41) is 9.47. The summed E-state index contributed by atoms with van der Waals surface area (Å²) >= 11 is 0. The maximum Gasteiger partial charge on any atom is 0.417 e. The van der Waals surface area contributed by atoms with Crippen LogP contribution in [0.3, 0.4) is 0 Å². The number of hydrogen-bond acceptors (Lipinski definition) is 6. The number of pyridine rings is 2. The third-order valence-corrected chi connectivity index (χ3v) is 7.21. The van der Waals surface area contributed by atoms with E-state index in [1.807, 2.05) is 0 Å². The number of halogens is 3. The van der Waals surface area contributed by atoms with Gasteiger partial charge in [-0.05, 0) is 30.5 Å². The first-order valence-electron chi connectivity index (χ1n) is 9.11. The van der Waals surface area contributed by atoms with Gasteiger partial charge in [-0.15, -0.1) is 0 Å². The van der Waals surface area contributed by atoms with Crippen LogP contribution in [0.2, 0.25) is 0 Å². The molecule has 3 aromatic heterocycles. The van der Waals surface area contributed by atoms with Crippen molar-refractivity contribution >= 4 is 20.9 Å². The Hall–Kier alpha value is -3.00. The molecule has 0 radical (unpaired) electrons. The fraction of sp³-hybridized carbons (Fsp3) is 0.368. The van der Waals surface area contributed by atoms with Gasteiger partial charge < -0.3 is 4.57 Å². The number of aromatic nitrogens is 4. The number of nitrogens with one attached hydrogen (secondary N) is 1. The largest absolute Gasteiger partial charge is 0.417 e. The van der Waals surface area contributed by atoms with Crippen LogP contribution in [0.25, 0.3) is 22.7 Å². The van der Waals surface area contributed by atoms with Gasteiger partial charge in [0, 0.05) is 25.2 Å². The fourth-order valence-corrected chi connectivity index (χ4v) is 4.40. The van der Waals surface area contributed by atoms with Gasteiger partial charge in [-0.3, -0.25) is 4.98 Å². The van der Waals surface area contributed by atoms with Crippen LogP contribution in [0.1, 0.15) is 30.9 Å². The van der Waals surface area contributed by atoms with E-state index in [4.69, 9.17) is 4.78 Å². The number of imidazole rings is 1. The van der Waals surface area contributed by atoms with E-state index in [1.54, 1.807) is 20.0 Å². The molecule has 1 fully saturated rings. The van der Waals surface area contributed by atoms with E-state index in [0.717, 1.165) is 12.3 Å². The van der Waals surface area contributed by atoms with Crippen molar-refractivity contribution < 1.29 is 17.4 Å². The average Bonchev–Trinajstić information content (AvgIpc) is 3.45. The van der Waals surface area contributed by atoms with E-state index >= 15 is 0 Å². The Morgan fingerprint density at radius 1 is 1.30 bits per heavy atom. The third-order valence-electron chi connectivity index (χ3n) is 5.38. The van der Waals surface area contributed by atoms with E-state index < -0.39 is 26.9 Å². The van der Waals surface area contributed by atoms with Crippen LogP contribution >= 0.6 is 0 Å². The van der Waals surface area contributed by atoms with Gasteiger partial charge in [-0.1, -0.05) is 6.92 Å². The summed E-state index contributed by atoms with van der Waals surface area (Å²) in [4.78, 5) is 12.6. The molecular weight excluding hydrogens is 417 g/mol. The molecule has 30 heavy (non-hydrogen) atoms. The van der Waals surface area contributed by atoms with Crippen LogP contribution in [-0.4, -0.2) is 29.5 Å². The second-order valence-corrected chi connectivity index (χ2v) is 9.66. The van der Waals surface area contributed by atoms with Crippen molar-refractivity contribution in [3.05, 3.63) is 35.7 Å². The van der Waals surface area contributed by atoms with Crippen LogP contribution in [0, 0.1) is 16.1 Å². The van der Waals surface area contributed by atoms with Crippen LogP contribution in [-0.2, 0) is 28.4 Å². The maximum absolute atomic E-state index is 13.0. The van der Waals surface area contributed by atoms with Gasteiger partial charge in [0.1, 0.15) is 11.2 Å². The summed E-state index contributed by atoms with van der Waals surface area (Å²) < 4.78 is 61.9. The molecule has 0 spiro atoms. The van der Waals surface area contributed by atoms with E-state index in [9.17, 15) is 22.6 Å². The normalized spacial score (nSPS) is 17.5. The van der Waals surface area contributed by atoms with E-state index in [1.165, 1.54) is 10.8 Å². The maximum atomic E-state index is 13.0. The molecule has 1 atom stereocenters. The number of nitriles is 1. The summed E-state index contributed by atoms with van der Waals surface area (Å²) in [6.07, 6.45) is -1.02. The van der Waals surface area contributed by atoms with Gasteiger partial charge in [-0.25, -0.2) is 19.0 Å². The predicted molar refractivity (Wildman–Crippen MR) is 103 cm³/mol. The summed E-state index contributed by atoms with van der Waals surface area (Å²) in [5.41, 5.74) is -0.650. The first-order chi connectivity index (χ1) is 14.0. The first kappa shape index (κ1) is 20.3. The minimum Gasteiger partial charge on any atom is -0.310 e. The summed E-state index contributed by atoms with van der Waals surface area (Å²) in [7, 11) is -1.68. The zero-order valence-corrected chi connectivity index (χ0v) is 16.9. The van der Waals surface area contributed by atoms with E-state index in [2.05, 4.69) is 21.0 Å². The molecule has 3 aromatic rings. The molecule has 4 rings (SSSR count). The minimum atomic E-state index is -4.56. The molecule has 0 amide bonds. The molecule has 7 nitrogen and oxygen atoms in total. The summed E-state index contributed by atoms with van der Waals surface area (Å²) in [6.45, 7) is 1.61. The topological polar surface area (TPSA) is 108 Å². The lowest BCUT2D eigenvalue weighted by Crippen LogP contribution is -2.11. The molecule has 0 aromatic carbocycles. The van der Waals surface area contributed by atoms with Gasteiger partial charge >= 0.3 is 6.18 Å². The quantitative estimate of drug-likeness (QED) is 0.667. The standard InChI is InChI=1S/C19H17F3N6OS/c1-3-30(24,29)14-7-11(18(10-23)4-5-18)8-25-15(14)17-27-13-6-12(19(20,21)22)9-26-16(13)28(17)2/h6-9,24H,3-5H2,1-2H3/t30-/m0/s1. The van der Waals surface area contributed by atoms with Crippen molar-refractivity contribution in [3.8, 4) is 17.6 Å². The van der Waals surface area contributed by atoms with Crippen molar-refractivity contribution in [1.29, 1.82) is 10.0 Å². The highest BCUT2D eigenvalue weighted by Crippen LogP contribution is 2.48. The van der Waals surface area contributed by atoms with Gasteiger partial charge in [0.15, 0.2) is 11.5 Å². The number of alkyl halides is 3. The number of hydrogen-bond donors (Lipinski definition) is 1. The number of fused-ring (bicyclic) bond motifs is 1. The van der Waals surface area contributed by atoms with Crippen LogP contribution < -0.4 is 0 Å². The monoisotopic (exact) mass is 434 g/mol.